The fraction of sp³-hybridized carbons (Fsp3) is 0.524. The van der Waals surface area contributed by atoms with Crippen LogP contribution in [0.15, 0.2) is 18.2 Å². The van der Waals surface area contributed by atoms with Gasteiger partial charge < -0.3 is 19.1 Å². The van der Waals surface area contributed by atoms with Crippen molar-refractivity contribution in [2.75, 3.05) is 34.4 Å². The summed E-state index contributed by atoms with van der Waals surface area (Å²) in [6.45, 7) is 3.58. The molecule has 0 aromatic heterocycles. The Hall–Kier alpha value is -2.50. The van der Waals surface area contributed by atoms with Crippen LogP contribution in [0.2, 0.25) is 0 Å². The van der Waals surface area contributed by atoms with E-state index in [9.17, 15) is 9.59 Å². The minimum atomic E-state index is -0.450. The second-order valence-electron chi connectivity index (χ2n) is 6.61. The van der Waals surface area contributed by atoms with Gasteiger partial charge in [-0.05, 0) is 36.8 Å². The van der Waals surface area contributed by atoms with E-state index in [0.29, 0.717) is 35.0 Å². The second-order valence-corrected chi connectivity index (χ2v) is 6.61. The Kier molecular flexibility index (Phi) is 7.70. The molecule has 0 saturated carbocycles. The summed E-state index contributed by atoms with van der Waals surface area (Å²) in [5.74, 6) is 1.18. The molecule has 148 valence electrons. The minimum Gasteiger partial charge on any atom is -0.497 e. The lowest BCUT2D eigenvalue weighted by Crippen LogP contribution is -2.37. The van der Waals surface area contributed by atoms with Crippen molar-refractivity contribution in [3.63, 3.8) is 0 Å². The lowest BCUT2D eigenvalue weighted by molar-refractivity contribution is -0.132. The van der Waals surface area contributed by atoms with Crippen molar-refractivity contribution >= 4 is 18.0 Å². The predicted molar refractivity (Wildman–Crippen MR) is 104 cm³/mol. The third-order valence-electron chi connectivity index (χ3n) is 4.86. The van der Waals surface area contributed by atoms with Crippen LogP contribution in [0.3, 0.4) is 0 Å². The van der Waals surface area contributed by atoms with Crippen molar-refractivity contribution in [1.82, 2.24) is 4.90 Å². The number of hydrogen-bond donors (Lipinski definition) is 0. The largest absolute Gasteiger partial charge is 0.497 e. The smallest absolute Gasteiger partial charge is 0.342 e. The summed E-state index contributed by atoms with van der Waals surface area (Å²) in [5.41, 5.74) is 1.08. The van der Waals surface area contributed by atoms with Gasteiger partial charge in [-0.2, -0.15) is 0 Å². The van der Waals surface area contributed by atoms with E-state index in [1.165, 1.54) is 14.2 Å². The number of nitrogens with zero attached hydrogens (tertiary/aromatic N) is 1. The molecule has 1 aliphatic rings. The SMILES string of the molecule is CCCC(=O)N1CCC(C=Cc2cc(OC)cc(OC)c2C(=O)OC)CC1. The van der Waals surface area contributed by atoms with Crippen molar-refractivity contribution in [3.8, 4) is 11.5 Å². The lowest BCUT2D eigenvalue weighted by atomic mass is 9.94. The first-order valence-corrected chi connectivity index (χ1v) is 9.34. The van der Waals surface area contributed by atoms with Crippen molar-refractivity contribution in [2.24, 2.45) is 5.92 Å². The number of amides is 1. The van der Waals surface area contributed by atoms with Gasteiger partial charge in [0.1, 0.15) is 17.1 Å². The van der Waals surface area contributed by atoms with Crippen LogP contribution in [0.1, 0.15) is 48.5 Å². The van der Waals surface area contributed by atoms with Gasteiger partial charge in [0, 0.05) is 25.6 Å². The third-order valence-corrected chi connectivity index (χ3v) is 4.86. The molecule has 2 rings (SSSR count). The molecule has 1 saturated heterocycles. The zero-order valence-electron chi connectivity index (χ0n) is 16.6. The van der Waals surface area contributed by atoms with Crippen LogP contribution >= 0.6 is 0 Å². The Balaban J connectivity index is 2.16. The first kappa shape index (κ1) is 20.8. The molecule has 1 amide bonds. The highest BCUT2D eigenvalue weighted by atomic mass is 16.5. The van der Waals surface area contributed by atoms with Gasteiger partial charge in [0.15, 0.2) is 0 Å². The monoisotopic (exact) mass is 375 g/mol. The molecule has 1 heterocycles. The number of esters is 1. The maximum Gasteiger partial charge on any atom is 0.342 e. The maximum absolute atomic E-state index is 12.2. The third kappa shape index (κ3) is 5.25. The van der Waals surface area contributed by atoms with Gasteiger partial charge in [-0.3, -0.25) is 4.79 Å². The highest BCUT2D eigenvalue weighted by molar-refractivity contribution is 5.97. The molecule has 6 nitrogen and oxygen atoms in total. The predicted octanol–water partition coefficient (Wildman–Crippen LogP) is 3.54. The number of rotatable bonds is 7. The number of piperidine rings is 1. The van der Waals surface area contributed by atoms with Crippen LogP contribution in [-0.4, -0.2) is 51.2 Å². The fourth-order valence-electron chi connectivity index (χ4n) is 3.29. The van der Waals surface area contributed by atoms with Gasteiger partial charge in [0.2, 0.25) is 5.91 Å². The van der Waals surface area contributed by atoms with Crippen molar-refractivity contribution < 1.29 is 23.8 Å². The number of ether oxygens (including phenoxy) is 3. The summed E-state index contributed by atoms with van der Waals surface area (Å²) in [7, 11) is 4.43. The molecule has 0 bridgehead atoms. The standard InChI is InChI=1S/C21H29NO5/c1-5-6-19(23)22-11-9-15(10-12-22)7-8-16-13-17(25-2)14-18(26-3)20(16)21(24)27-4/h7-8,13-15H,5-6,9-12H2,1-4H3. The van der Waals surface area contributed by atoms with Crippen LogP contribution in [0, 0.1) is 5.92 Å². The summed E-state index contributed by atoms with van der Waals surface area (Å²) in [5, 5.41) is 0. The Labute approximate surface area is 161 Å². The molecule has 0 spiro atoms. The van der Waals surface area contributed by atoms with Crippen LogP contribution < -0.4 is 9.47 Å². The van der Waals surface area contributed by atoms with Crippen molar-refractivity contribution in [2.45, 2.75) is 32.6 Å². The average molecular weight is 375 g/mol. The van der Waals surface area contributed by atoms with Crippen LogP contribution in [0.25, 0.3) is 6.08 Å². The van der Waals surface area contributed by atoms with Crippen LogP contribution in [-0.2, 0) is 9.53 Å². The van der Waals surface area contributed by atoms with Gasteiger partial charge in [0.05, 0.1) is 21.3 Å². The normalized spacial score (nSPS) is 15.0. The van der Waals surface area contributed by atoms with E-state index in [2.05, 4.69) is 6.08 Å². The quantitative estimate of drug-likeness (QED) is 0.682. The molecule has 1 aromatic carbocycles. The molecule has 1 fully saturated rings. The fourth-order valence-corrected chi connectivity index (χ4v) is 3.29. The highest BCUT2D eigenvalue weighted by Gasteiger charge is 2.22. The summed E-state index contributed by atoms with van der Waals surface area (Å²) < 4.78 is 15.6. The summed E-state index contributed by atoms with van der Waals surface area (Å²) in [6.07, 6.45) is 7.36. The molecule has 1 aromatic rings. The Morgan fingerprint density at radius 1 is 1.15 bits per heavy atom. The molecule has 6 heteroatoms. The zero-order chi connectivity index (χ0) is 19.8. The van der Waals surface area contributed by atoms with Crippen molar-refractivity contribution in [3.05, 3.63) is 29.3 Å². The van der Waals surface area contributed by atoms with Gasteiger partial charge in [-0.25, -0.2) is 4.79 Å². The lowest BCUT2D eigenvalue weighted by Gasteiger charge is -2.30. The number of allylic oxidation sites excluding steroid dienone is 1. The van der Waals surface area contributed by atoms with Gasteiger partial charge in [0.25, 0.3) is 0 Å². The summed E-state index contributed by atoms with van der Waals surface area (Å²) >= 11 is 0. The molecule has 0 unspecified atom stereocenters. The molecule has 0 radical (unpaired) electrons. The molecule has 0 N–H and O–H groups in total. The summed E-state index contributed by atoms with van der Waals surface area (Å²) in [4.78, 5) is 26.2. The average Bonchev–Trinajstić information content (AvgIpc) is 2.71. The number of methoxy groups -OCH3 is 3. The zero-order valence-corrected chi connectivity index (χ0v) is 16.6. The Morgan fingerprint density at radius 2 is 1.85 bits per heavy atom. The number of carbonyl (C=O) groups excluding carboxylic acids is 2. The van der Waals surface area contributed by atoms with E-state index in [4.69, 9.17) is 14.2 Å². The molecular weight excluding hydrogens is 346 g/mol. The Bertz CT molecular complexity index is 690. The first-order valence-electron chi connectivity index (χ1n) is 9.34. The number of benzene rings is 1. The number of hydrogen-bond acceptors (Lipinski definition) is 5. The Morgan fingerprint density at radius 3 is 2.41 bits per heavy atom. The molecular formula is C21H29NO5. The van der Waals surface area contributed by atoms with E-state index in [1.807, 2.05) is 17.9 Å². The van der Waals surface area contributed by atoms with E-state index in [1.54, 1.807) is 19.2 Å². The molecule has 27 heavy (non-hydrogen) atoms. The van der Waals surface area contributed by atoms with Gasteiger partial charge in [-0.15, -0.1) is 0 Å². The number of carbonyl (C=O) groups is 2. The van der Waals surface area contributed by atoms with Crippen molar-refractivity contribution in [1.29, 1.82) is 0 Å². The minimum absolute atomic E-state index is 0.241. The molecule has 1 aliphatic heterocycles. The number of likely N-dealkylation sites (tertiary alicyclic amines) is 1. The van der Waals surface area contributed by atoms with Crippen LogP contribution in [0.4, 0.5) is 0 Å². The highest BCUT2D eigenvalue weighted by Crippen LogP contribution is 2.31. The van der Waals surface area contributed by atoms with Gasteiger partial charge in [-0.1, -0.05) is 19.1 Å². The summed E-state index contributed by atoms with van der Waals surface area (Å²) in [6, 6.07) is 3.46. The van der Waals surface area contributed by atoms with E-state index >= 15 is 0 Å². The topological polar surface area (TPSA) is 65.1 Å². The van der Waals surface area contributed by atoms with E-state index in [0.717, 1.165) is 32.4 Å². The van der Waals surface area contributed by atoms with Crippen LogP contribution in [0.5, 0.6) is 11.5 Å². The van der Waals surface area contributed by atoms with E-state index in [-0.39, 0.29) is 5.91 Å². The van der Waals surface area contributed by atoms with Gasteiger partial charge >= 0.3 is 5.97 Å². The first-order chi connectivity index (χ1) is 13.0. The molecule has 0 atom stereocenters. The molecule has 0 aliphatic carbocycles. The van der Waals surface area contributed by atoms with E-state index < -0.39 is 5.97 Å². The second kappa shape index (κ2) is 10.00. The maximum atomic E-state index is 12.2.